The van der Waals surface area contributed by atoms with Crippen molar-refractivity contribution in [3.8, 4) is 0 Å². The Labute approximate surface area is 131 Å². The molecule has 1 N–H and O–H groups in total. The maximum atomic E-state index is 6.03. The number of aromatic nitrogens is 2. The van der Waals surface area contributed by atoms with E-state index >= 15 is 0 Å². The van der Waals surface area contributed by atoms with Crippen LogP contribution in [-0.2, 0) is 6.54 Å². The van der Waals surface area contributed by atoms with Crippen molar-refractivity contribution in [3.05, 3.63) is 28.0 Å². The van der Waals surface area contributed by atoms with Crippen molar-refractivity contribution in [1.29, 1.82) is 0 Å². The number of fused-ring (bicyclic) bond motifs is 1. The Morgan fingerprint density at radius 3 is 2.75 bits per heavy atom. The van der Waals surface area contributed by atoms with Gasteiger partial charge in [0, 0.05) is 11.6 Å². The molecule has 4 heteroatoms. The molecule has 0 amide bonds. The lowest BCUT2D eigenvalue weighted by Crippen LogP contribution is -2.19. The molecule has 20 heavy (non-hydrogen) atoms. The van der Waals surface area contributed by atoms with E-state index in [9.17, 15) is 0 Å². The van der Waals surface area contributed by atoms with Gasteiger partial charge in [-0.2, -0.15) is 0 Å². The molecule has 0 unspecified atom stereocenters. The molecule has 0 aliphatic heterocycles. The van der Waals surface area contributed by atoms with Crippen LogP contribution < -0.4 is 0 Å². The van der Waals surface area contributed by atoms with Crippen LogP contribution in [-0.4, -0.2) is 9.55 Å². The van der Waals surface area contributed by atoms with Gasteiger partial charge in [0.1, 0.15) is 0 Å². The summed E-state index contributed by atoms with van der Waals surface area (Å²) in [4.78, 5) is 3.25. The van der Waals surface area contributed by atoms with Gasteiger partial charge in [0.2, 0.25) is 0 Å². The number of imidazole rings is 1. The molecule has 0 saturated carbocycles. The Morgan fingerprint density at radius 1 is 1.30 bits per heavy atom. The van der Waals surface area contributed by atoms with E-state index in [0.717, 1.165) is 27.4 Å². The van der Waals surface area contributed by atoms with E-state index < -0.39 is 0 Å². The van der Waals surface area contributed by atoms with Crippen molar-refractivity contribution >= 4 is 34.9 Å². The van der Waals surface area contributed by atoms with Crippen molar-refractivity contribution in [1.82, 2.24) is 9.55 Å². The molecule has 1 heterocycles. The zero-order valence-corrected chi connectivity index (χ0v) is 14.1. The lowest BCUT2D eigenvalue weighted by molar-refractivity contribution is 0.273. The van der Waals surface area contributed by atoms with Crippen molar-refractivity contribution in [2.24, 2.45) is 5.41 Å². The largest absolute Gasteiger partial charge is 0.331 e. The van der Waals surface area contributed by atoms with E-state index in [1.54, 1.807) is 0 Å². The Hall–Kier alpha value is -0.800. The van der Waals surface area contributed by atoms with E-state index in [1.165, 1.54) is 25.7 Å². The van der Waals surface area contributed by atoms with Gasteiger partial charge in [0.15, 0.2) is 4.77 Å². The van der Waals surface area contributed by atoms with Gasteiger partial charge >= 0.3 is 0 Å². The van der Waals surface area contributed by atoms with Crippen LogP contribution in [0.4, 0.5) is 0 Å². The van der Waals surface area contributed by atoms with Gasteiger partial charge in [-0.1, -0.05) is 51.6 Å². The highest BCUT2D eigenvalue weighted by molar-refractivity contribution is 7.71. The first-order chi connectivity index (χ1) is 9.43. The third-order valence-electron chi connectivity index (χ3n) is 3.78. The zero-order chi connectivity index (χ0) is 14.8. The highest BCUT2D eigenvalue weighted by atomic mass is 35.5. The number of hydrogen-bond acceptors (Lipinski definition) is 1. The molecule has 110 valence electrons. The normalized spacial score (nSPS) is 12.2. The van der Waals surface area contributed by atoms with Gasteiger partial charge in [-0.15, -0.1) is 0 Å². The fourth-order valence-electron chi connectivity index (χ4n) is 2.65. The summed E-state index contributed by atoms with van der Waals surface area (Å²) in [6.45, 7) is 7.82. The second-order valence-electron chi connectivity index (χ2n) is 6.30. The minimum atomic E-state index is 0.252. The Balaban J connectivity index is 2.24. The monoisotopic (exact) mass is 310 g/mol. The molecule has 1 aromatic heterocycles. The topological polar surface area (TPSA) is 20.7 Å². The molecule has 0 spiro atoms. The third-order valence-corrected chi connectivity index (χ3v) is 4.34. The number of unbranched alkanes of at least 4 members (excludes halogenated alkanes) is 2. The van der Waals surface area contributed by atoms with Crippen LogP contribution in [0.25, 0.3) is 11.0 Å². The highest BCUT2D eigenvalue weighted by Crippen LogP contribution is 2.28. The molecule has 0 bridgehead atoms. The first kappa shape index (κ1) is 15.6. The summed E-state index contributed by atoms with van der Waals surface area (Å²) in [5.74, 6) is 0. The molecule has 0 aliphatic carbocycles. The van der Waals surface area contributed by atoms with Crippen molar-refractivity contribution in [3.63, 3.8) is 0 Å². The number of H-pyrrole nitrogens is 1. The summed E-state index contributed by atoms with van der Waals surface area (Å²) in [5, 5.41) is 0.739. The minimum Gasteiger partial charge on any atom is -0.331 e. The van der Waals surface area contributed by atoms with Crippen LogP contribution in [0.1, 0.15) is 46.5 Å². The maximum Gasteiger partial charge on any atom is 0.178 e. The molecule has 2 rings (SSSR count). The van der Waals surface area contributed by atoms with Gasteiger partial charge in [-0.05, 0) is 42.3 Å². The summed E-state index contributed by atoms with van der Waals surface area (Å²) in [6.07, 6.45) is 5.08. The fraction of sp³-hybridized carbons (Fsp3) is 0.562. The summed E-state index contributed by atoms with van der Waals surface area (Å²) < 4.78 is 2.98. The van der Waals surface area contributed by atoms with E-state index in [0.29, 0.717) is 0 Å². The van der Waals surface area contributed by atoms with Gasteiger partial charge in [-0.25, -0.2) is 0 Å². The van der Waals surface area contributed by atoms with Gasteiger partial charge < -0.3 is 9.55 Å². The SMILES string of the molecule is CCCCCC(C)(C)Cn1c(=S)[nH]c2cc(Cl)ccc21. The van der Waals surface area contributed by atoms with Crippen LogP contribution in [0.2, 0.25) is 5.02 Å². The van der Waals surface area contributed by atoms with Crippen LogP contribution in [0.3, 0.4) is 0 Å². The highest BCUT2D eigenvalue weighted by Gasteiger charge is 2.20. The smallest absolute Gasteiger partial charge is 0.178 e. The van der Waals surface area contributed by atoms with E-state index in [-0.39, 0.29) is 5.41 Å². The minimum absolute atomic E-state index is 0.252. The molecule has 0 saturated heterocycles. The number of benzene rings is 1. The number of halogens is 1. The fourth-order valence-corrected chi connectivity index (χ4v) is 3.10. The molecule has 2 nitrogen and oxygen atoms in total. The van der Waals surface area contributed by atoms with E-state index in [1.807, 2.05) is 18.2 Å². The summed E-state index contributed by atoms with van der Waals surface area (Å²) >= 11 is 11.5. The molecule has 0 aliphatic rings. The van der Waals surface area contributed by atoms with E-state index in [2.05, 4.69) is 30.3 Å². The van der Waals surface area contributed by atoms with Gasteiger partial charge in [0.25, 0.3) is 0 Å². The average Bonchev–Trinajstić information content (AvgIpc) is 2.65. The van der Waals surface area contributed by atoms with Crippen LogP contribution in [0, 0.1) is 10.2 Å². The third kappa shape index (κ3) is 3.64. The summed E-state index contributed by atoms with van der Waals surface area (Å²) in [5.41, 5.74) is 2.41. The lowest BCUT2D eigenvalue weighted by Gasteiger charge is -2.25. The standard InChI is InChI=1S/C16H23ClN2S/c1-4-5-6-9-16(2,3)11-19-14-8-7-12(17)10-13(14)18-15(19)20/h7-8,10H,4-6,9,11H2,1-3H3,(H,18,20). The first-order valence-electron chi connectivity index (χ1n) is 7.31. The molecule has 0 fully saturated rings. The van der Waals surface area contributed by atoms with Crippen LogP contribution >= 0.6 is 23.8 Å². The maximum absolute atomic E-state index is 6.03. The van der Waals surface area contributed by atoms with Crippen molar-refractivity contribution in [2.45, 2.75) is 53.0 Å². The number of rotatable bonds is 6. The quantitative estimate of drug-likeness (QED) is 0.516. The lowest BCUT2D eigenvalue weighted by atomic mass is 9.87. The van der Waals surface area contributed by atoms with Gasteiger partial charge in [0.05, 0.1) is 11.0 Å². The predicted octanol–water partition coefficient (Wildman–Crippen LogP) is 5.96. The molecule has 0 atom stereocenters. The van der Waals surface area contributed by atoms with Crippen LogP contribution in [0.5, 0.6) is 0 Å². The van der Waals surface area contributed by atoms with Crippen molar-refractivity contribution < 1.29 is 0 Å². The molecular formula is C16H23ClN2S. The number of nitrogens with zero attached hydrogens (tertiary/aromatic N) is 1. The summed E-state index contributed by atoms with van der Waals surface area (Å²) in [7, 11) is 0. The Morgan fingerprint density at radius 2 is 2.05 bits per heavy atom. The first-order valence-corrected chi connectivity index (χ1v) is 8.10. The van der Waals surface area contributed by atoms with Crippen LogP contribution in [0.15, 0.2) is 18.2 Å². The molecule has 0 radical (unpaired) electrons. The number of nitrogens with one attached hydrogen (secondary N) is 1. The average molecular weight is 311 g/mol. The predicted molar refractivity (Wildman–Crippen MR) is 90.1 cm³/mol. The van der Waals surface area contributed by atoms with E-state index in [4.69, 9.17) is 23.8 Å². The second kappa shape index (κ2) is 6.31. The van der Waals surface area contributed by atoms with Gasteiger partial charge in [-0.3, -0.25) is 0 Å². The zero-order valence-electron chi connectivity index (χ0n) is 12.5. The second-order valence-corrected chi connectivity index (χ2v) is 7.12. The number of aromatic amines is 1. The Bertz CT molecular complexity index is 639. The molecular weight excluding hydrogens is 288 g/mol. The number of hydrogen-bond donors (Lipinski definition) is 1. The van der Waals surface area contributed by atoms with Crippen molar-refractivity contribution in [2.75, 3.05) is 0 Å². The molecule has 2 aromatic rings. The Kier molecular flexibility index (Phi) is 4.92. The summed E-state index contributed by atoms with van der Waals surface area (Å²) in [6, 6.07) is 5.91. The molecule has 1 aromatic carbocycles.